The summed E-state index contributed by atoms with van der Waals surface area (Å²) in [4.78, 5) is 19.5. The zero-order valence-electron chi connectivity index (χ0n) is 15.1. The first-order valence-electron chi connectivity index (χ1n) is 8.87. The molecule has 134 valence electrons. The molecule has 27 heavy (non-hydrogen) atoms. The average molecular weight is 356 g/mol. The lowest BCUT2D eigenvalue weighted by Crippen LogP contribution is -2.30. The van der Waals surface area contributed by atoms with Crippen LogP contribution in [0, 0.1) is 6.92 Å². The van der Waals surface area contributed by atoms with Gasteiger partial charge in [0.25, 0.3) is 5.91 Å². The maximum absolute atomic E-state index is 13.4. The number of amides is 1. The minimum Gasteiger partial charge on any atom is -0.330 e. The van der Waals surface area contributed by atoms with Crippen LogP contribution in [0.5, 0.6) is 0 Å². The Morgan fingerprint density at radius 1 is 1.00 bits per heavy atom. The summed E-state index contributed by atoms with van der Waals surface area (Å²) < 4.78 is 0. The van der Waals surface area contributed by atoms with Crippen LogP contribution in [0.15, 0.2) is 73.2 Å². The van der Waals surface area contributed by atoms with Crippen LogP contribution >= 0.6 is 0 Å². The molecule has 0 saturated carbocycles. The van der Waals surface area contributed by atoms with Crippen molar-refractivity contribution in [2.45, 2.75) is 20.0 Å². The summed E-state index contributed by atoms with van der Waals surface area (Å²) in [5.41, 5.74) is 4.81. The third-order valence-electron chi connectivity index (χ3n) is 4.72. The van der Waals surface area contributed by atoms with Crippen molar-refractivity contribution in [2.75, 3.05) is 0 Å². The minimum absolute atomic E-state index is 0.0193. The summed E-state index contributed by atoms with van der Waals surface area (Å²) in [5, 5.41) is 7.85. The van der Waals surface area contributed by atoms with Crippen molar-refractivity contribution in [3.8, 4) is 0 Å². The van der Waals surface area contributed by atoms with Gasteiger partial charge in [-0.2, -0.15) is 5.10 Å². The van der Waals surface area contributed by atoms with E-state index in [-0.39, 0.29) is 5.91 Å². The molecule has 2 aromatic heterocycles. The minimum atomic E-state index is -0.0193. The Kier molecular flexibility index (Phi) is 4.66. The van der Waals surface area contributed by atoms with Crippen molar-refractivity contribution in [3.63, 3.8) is 0 Å². The van der Waals surface area contributed by atoms with E-state index in [9.17, 15) is 4.79 Å². The Labute approximate surface area is 157 Å². The third-order valence-corrected chi connectivity index (χ3v) is 4.72. The van der Waals surface area contributed by atoms with Crippen LogP contribution in [-0.2, 0) is 13.1 Å². The summed E-state index contributed by atoms with van der Waals surface area (Å²) in [7, 11) is 0. The number of aromatic nitrogens is 3. The molecule has 4 aromatic rings. The Hall–Kier alpha value is -3.47. The maximum Gasteiger partial charge on any atom is 0.255 e. The molecule has 0 atom stereocenters. The number of nitrogens with one attached hydrogen (secondary N) is 1. The number of pyridine rings is 1. The molecule has 0 fully saturated rings. The second-order valence-corrected chi connectivity index (χ2v) is 6.59. The van der Waals surface area contributed by atoms with Gasteiger partial charge in [-0.3, -0.25) is 14.9 Å². The lowest BCUT2D eigenvalue weighted by molar-refractivity contribution is 0.0731. The smallest absolute Gasteiger partial charge is 0.255 e. The Bertz CT molecular complexity index is 1070. The van der Waals surface area contributed by atoms with Crippen molar-refractivity contribution in [3.05, 3.63) is 95.4 Å². The molecular weight excluding hydrogens is 336 g/mol. The molecule has 0 aliphatic heterocycles. The van der Waals surface area contributed by atoms with Gasteiger partial charge in [0.2, 0.25) is 0 Å². The van der Waals surface area contributed by atoms with E-state index in [2.05, 4.69) is 34.2 Å². The average Bonchev–Trinajstić information content (AvgIpc) is 3.18. The van der Waals surface area contributed by atoms with Gasteiger partial charge in [0, 0.05) is 30.9 Å². The van der Waals surface area contributed by atoms with Gasteiger partial charge in [0.1, 0.15) is 0 Å². The van der Waals surface area contributed by atoms with Crippen molar-refractivity contribution < 1.29 is 4.79 Å². The summed E-state index contributed by atoms with van der Waals surface area (Å²) in [5.74, 6) is -0.0193. The predicted molar refractivity (Wildman–Crippen MR) is 105 cm³/mol. The molecule has 0 bridgehead atoms. The number of nitrogens with zero attached hydrogens (tertiary/aromatic N) is 3. The standard InChI is InChI=1S/C22H20N4O/c1-16-6-2-3-8-18(16)15-26(14-17-7-5-11-23-12-17)22(27)19-9-4-10-21-20(19)13-24-25-21/h2-13H,14-15H2,1H3,(H,24,25). The second kappa shape index (κ2) is 7.41. The molecule has 5 nitrogen and oxygen atoms in total. The molecule has 0 unspecified atom stereocenters. The van der Waals surface area contributed by atoms with Crippen LogP contribution in [0.1, 0.15) is 27.0 Å². The normalized spacial score (nSPS) is 10.9. The third kappa shape index (κ3) is 3.58. The Balaban J connectivity index is 1.71. The van der Waals surface area contributed by atoms with E-state index in [1.165, 1.54) is 5.56 Å². The lowest BCUT2D eigenvalue weighted by atomic mass is 10.1. The molecular formula is C22H20N4O. The fraction of sp³-hybridized carbons (Fsp3) is 0.136. The number of fused-ring (bicyclic) bond motifs is 1. The van der Waals surface area contributed by atoms with Gasteiger partial charge in [-0.25, -0.2) is 0 Å². The number of carbonyl (C=O) groups excluding carboxylic acids is 1. The molecule has 1 N–H and O–H groups in total. The SMILES string of the molecule is Cc1ccccc1CN(Cc1cccnc1)C(=O)c1cccc2[nH]ncc12. The van der Waals surface area contributed by atoms with Gasteiger partial charge in [-0.1, -0.05) is 36.4 Å². The quantitative estimate of drug-likeness (QED) is 0.585. The van der Waals surface area contributed by atoms with Crippen molar-refractivity contribution in [2.24, 2.45) is 0 Å². The fourth-order valence-corrected chi connectivity index (χ4v) is 3.23. The van der Waals surface area contributed by atoms with Crippen molar-refractivity contribution in [1.82, 2.24) is 20.1 Å². The van der Waals surface area contributed by atoms with Gasteiger partial charge in [0.05, 0.1) is 17.3 Å². The van der Waals surface area contributed by atoms with Crippen LogP contribution in [0.4, 0.5) is 0 Å². The second-order valence-electron chi connectivity index (χ2n) is 6.59. The number of carbonyl (C=O) groups is 1. The van der Waals surface area contributed by atoms with Gasteiger partial charge in [-0.05, 0) is 41.8 Å². The summed E-state index contributed by atoms with van der Waals surface area (Å²) in [6.45, 7) is 3.10. The van der Waals surface area contributed by atoms with Crippen LogP contribution in [0.3, 0.4) is 0 Å². The van der Waals surface area contributed by atoms with E-state index in [0.29, 0.717) is 18.7 Å². The monoisotopic (exact) mass is 356 g/mol. The highest BCUT2D eigenvalue weighted by atomic mass is 16.2. The number of aryl methyl sites for hydroxylation is 1. The highest BCUT2D eigenvalue weighted by Gasteiger charge is 2.20. The first kappa shape index (κ1) is 17.0. The topological polar surface area (TPSA) is 61.9 Å². The van der Waals surface area contributed by atoms with Crippen LogP contribution in [0.25, 0.3) is 10.9 Å². The molecule has 0 radical (unpaired) electrons. The number of H-pyrrole nitrogens is 1. The zero-order valence-corrected chi connectivity index (χ0v) is 15.1. The maximum atomic E-state index is 13.4. The molecule has 0 saturated heterocycles. The predicted octanol–water partition coefficient (Wildman–Crippen LogP) is 4.11. The van der Waals surface area contributed by atoms with Gasteiger partial charge >= 0.3 is 0 Å². The molecule has 0 aliphatic rings. The molecule has 1 amide bonds. The fourth-order valence-electron chi connectivity index (χ4n) is 3.23. The summed E-state index contributed by atoms with van der Waals surface area (Å²) >= 11 is 0. The van der Waals surface area contributed by atoms with E-state index in [0.717, 1.165) is 22.0 Å². The zero-order chi connectivity index (χ0) is 18.6. The van der Waals surface area contributed by atoms with Crippen LogP contribution in [-0.4, -0.2) is 26.0 Å². The number of rotatable bonds is 5. The number of hydrogen-bond donors (Lipinski definition) is 1. The number of aromatic amines is 1. The molecule has 2 aromatic carbocycles. The van der Waals surface area contributed by atoms with Crippen molar-refractivity contribution in [1.29, 1.82) is 0 Å². The number of hydrogen-bond acceptors (Lipinski definition) is 3. The molecule has 0 spiro atoms. The number of benzene rings is 2. The first-order valence-corrected chi connectivity index (χ1v) is 8.87. The van der Waals surface area contributed by atoms with E-state index in [4.69, 9.17) is 0 Å². The van der Waals surface area contributed by atoms with Crippen LogP contribution in [0.2, 0.25) is 0 Å². The van der Waals surface area contributed by atoms with Crippen molar-refractivity contribution >= 4 is 16.8 Å². The molecule has 5 heteroatoms. The van der Waals surface area contributed by atoms with Crippen LogP contribution < -0.4 is 0 Å². The lowest BCUT2D eigenvalue weighted by Gasteiger charge is -2.24. The molecule has 0 aliphatic carbocycles. The van der Waals surface area contributed by atoms with E-state index in [1.807, 2.05) is 47.4 Å². The van der Waals surface area contributed by atoms with E-state index >= 15 is 0 Å². The Morgan fingerprint density at radius 3 is 2.70 bits per heavy atom. The first-order chi connectivity index (χ1) is 13.2. The molecule has 2 heterocycles. The summed E-state index contributed by atoms with van der Waals surface area (Å²) in [6.07, 6.45) is 5.25. The van der Waals surface area contributed by atoms with Gasteiger partial charge in [0.15, 0.2) is 0 Å². The summed E-state index contributed by atoms with van der Waals surface area (Å²) in [6, 6.07) is 17.7. The molecule has 4 rings (SSSR count). The highest BCUT2D eigenvalue weighted by Crippen LogP contribution is 2.21. The largest absolute Gasteiger partial charge is 0.330 e. The van der Waals surface area contributed by atoms with E-state index in [1.54, 1.807) is 18.6 Å². The van der Waals surface area contributed by atoms with E-state index < -0.39 is 0 Å². The van der Waals surface area contributed by atoms with Gasteiger partial charge < -0.3 is 4.90 Å². The highest BCUT2D eigenvalue weighted by molar-refractivity contribution is 6.06. The Morgan fingerprint density at radius 2 is 1.89 bits per heavy atom. The van der Waals surface area contributed by atoms with Gasteiger partial charge in [-0.15, -0.1) is 0 Å².